The fourth-order valence-electron chi connectivity index (χ4n) is 4.66. The van der Waals surface area contributed by atoms with E-state index in [2.05, 4.69) is 15.4 Å². The number of ether oxygens (including phenoxy) is 3. The molecule has 1 fully saturated rings. The summed E-state index contributed by atoms with van der Waals surface area (Å²) in [6.07, 6.45) is -0.155. The van der Waals surface area contributed by atoms with Crippen molar-refractivity contribution in [2.75, 3.05) is 26.1 Å². The highest BCUT2D eigenvalue weighted by molar-refractivity contribution is 5.94. The van der Waals surface area contributed by atoms with Crippen molar-refractivity contribution in [3.05, 3.63) is 65.5 Å². The molecule has 0 saturated carbocycles. The minimum atomic E-state index is -1.24. The molecule has 2 aromatic carbocycles. The van der Waals surface area contributed by atoms with Crippen LogP contribution in [0.1, 0.15) is 44.4 Å². The molecule has 3 amide bonds. The van der Waals surface area contributed by atoms with Crippen LogP contribution >= 0.6 is 0 Å². The lowest BCUT2D eigenvalue weighted by atomic mass is 9.92. The van der Waals surface area contributed by atoms with E-state index < -0.39 is 65.8 Å². The molecule has 0 aromatic heterocycles. The van der Waals surface area contributed by atoms with E-state index in [0.29, 0.717) is 11.3 Å². The van der Waals surface area contributed by atoms with Crippen LogP contribution in [-0.4, -0.2) is 67.2 Å². The molecule has 0 spiro atoms. The second-order valence-corrected chi connectivity index (χ2v) is 10.4. The summed E-state index contributed by atoms with van der Waals surface area (Å²) in [5.41, 5.74) is 0.0846. The van der Waals surface area contributed by atoms with Crippen molar-refractivity contribution in [1.29, 1.82) is 0 Å². The van der Waals surface area contributed by atoms with Gasteiger partial charge in [0.15, 0.2) is 0 Å². The lowest BCUT2D eigenvalue weighted by Gasteiger charge is -2.32. The van der Waals surface area contributed by atoms with E-state index in [1.54, 1.807) is 51.1 Å². The van der Waals surface area contributed by atoms with E-state index in [4.69, 9.17) is 9.47 Å². The molecule has 1 aliphatic rings. The SMILES string of the molecule is COC(=O)Cc1cccc(NC(=O)NCC(=O)N2[C@@H](C(=O)OC(C)(C)C)C[C@@H](C(=O)OC)[C@H]2c2ccccc2F)c1. The Bertz CT molecular complexity index is 1310. The van der Waals surface area contributed by atoms with Crippen LogP contribution in [0.15, 0.2) is 48.5 Å². The van der Waals surface area contributed by atoms with Crippen molar-refractivity contribution >= 4 is 35.5 Å². The van der Waals surface area contributed by atoms with Gasteiger partial charge in [0.1, 0.15) is 17.5 Å². The second kappa shape index (κ2) is 13.2. The number of likely N-dealkylation sites (tertiary alicyclic amines) is 1. The van der Waals surface area contributed by atoms with E-state index >= 15 is 0 Å². The third kappa shape index (κ3) is 8.03. The van der Waals surface area contributed by atoms with Crippen LogP contribution in [0.5, 0.6) is 0 Å². The number of amides is 3. The molecule has 1 aliphatic heterocycles. The van der Waals surface area contributed by atoms with Crippen molar-refractivity contribution in [3.63, 3.8) is 0 Å². The van der Waals surface area contributed by atoms with Crippen LogP contribution in [0.4, 0.5) is 14.9 Å². The number of nitrogens with one attached hydrogen (secondary N) is 2. The van der Waals surface area contributed by atoms with Crippen molar-refractivity contribution < 1.29 is 42.6 Å². The molecule has 0 radical (unpaired) electrons. The van der Waals surface area contributed by atoms with Gasteiger partial charge in [0, 0.05) is 11.3 Å². The van der Waals surface area contributed by atoms with Crippen LogP contribution in [0.2, 0.25) is 0 Å². The molecule has 1 saturated heterocycles. The predicted molar refractivity (Wildman–Crippen MR) is 145 cm³/mol. The van der Waals surface area contributed by atoms with Crippen LogP contribution < -0.4 is 10.6 Å². The van der Waals surface area contributed by atoms with Crippen molar-refractivity contribution in [3.8, 4) is 0 Å². The van der Waals surface area contributed by atoms with Gasteiger partial charge >= 0.3 is 23.9 Å². The number of nitrogens with zero attached hydrogens (tertiary/aromatic N) is 1. The van der Waals surface area contributed by atoms with Crippen molar-refractivity contribution in [1.82, 2.24) is 10.2 Å². The Balaban J connectivity index is 1.85. The minimum Gasteiger partial charge on any atom is -0.469 e. The Hall–Kier alpha value is -4.48. The van der Waals surface area contributed by atoms with Gasteiger partial charge in [0.05, 0.1) is 39.1 Å². The highest BCUT2D eigenvalue weighted by Crippen LogP contribution is 2.43. The molecule has 3 rings (SSSR count). The van der Waals surface area contributed by atoms with Crippen LogP contribution in [-0.2, 0) is 39.8 Å². The maximum Gasteiger partial charge on any atom is 0.329 e. The minimum absolute atomic E-state index is 0.00589. The number of hydrogen-bond donors (Lipinski definition) is 2. The Morgan fingerprint density at radius 1 is 0.976 bits per heavy atom. The number of methoxy groups -OCH3 is 2. The van der Waals surface area contributed by atoms with Gasteiger partial charge in [-0.3, -0.25) is 14.4 Å². The van der Waals surface area contributed by atoms with Crippen molar-refractivity contribution in [2.24, 2.45) is 5.92 Å². The first-order chi connectivity index (χ1) is 19.3. The van der Waals surface area contributed by atoms with Gasteiger partial charge in [-0.25, -0.2) is 14.0 Å². The number of carbonyl (C=O) groups excluding carboxylic acids is 5. The third-order valence-corrected chi connectivity index (χ3v) is 6.35. The number of halogens is 1. The summed E-state index contributed by atoms with van der Waals surface area (Å²) in [6, 6.07) is 8.96. The van der Waals surface area contributed by atoms with Gasteiger partial charge in [0.2, 0.25) is 5.91 Å². The van der Waals surface area contributed by atoms with Gasteiger partial charge in [-0.1, -0.05) is 30.3 Å². The number of esters is 3. The lowest BCUT2D eigenvalue weighted by Crippen LogP contribution is -2.49. The van der Waals surface area contributed by atoms with E-state index in [1.807, 2.05) is 0 Å². The highest BCUT2D eigenvalue weighted by atomic mass is 19.1. The molecule has 11 nitrogen and oxygen atoms in total. The highest BCUT2D eigenvalue weighted by Gasteiger charge is 2.52. The summed E-state index contributed by atoms with van der Waals surface area (Å²) in [6.45, 7) is 4.39. The molecule has 0 unspecified atom stereocenters. The largest absolute Gasteiger partial charge is 0.469 e. The zero-order valence-corrected chi connectivity index (χ0v) is 23.6. The quantitative estimate of drug-likeness (QED) is 0.364. The number of urea groups is 1. The molecular weight excluding hydrogens is 537 g/mol. The number of carbonyl (C=O) groups is 5. The van der Waals surface area contributed by atoms with E-state index in [1.165, 1.54) is 32.4 Å². The molecule has 41 heavy (non-hydrogen) atoms. The molecule has 220 valence electrons. The first-order valence-corrected chi connectivity index (χ1v) is 12.9. The number of rotatable bonds is 8. The Morgan fingerprint density at radius 3 is 2.32 bits per heavy atom. The molecule has 12 heteroatoms. The average Bonchev–Trinajstić information content (AvgIpc) is 3.31. The molecule has 2 N–H and O–H groups in total. The zero-order valence-electron chi connectivity index (χ0n) is 23.6. The Morgan fingerprint density at radius 2 is 1.68 bits per heavy atom. The fraction of sp³-hybridized carbons (Fsp3) is 0.414. The monoisotopic (exact) mass is 571 g/mol. The van der Waals surface area contributed by atoms with Gasteiger partial charge in [-0.05, 0) is 51.0 Å². The summed E-state index contributed by atoms with van der Waals surface area (Å²) in [5, 5.41) is 5.01. The van der Waals surface area contributed by atoms with Gasteiger partial charge in [0.25, 0.3) is 0 Å². The summed E-state index contributed by atoms with van der Waals surface area (Å²) >= 11 is 0. The van der Waals surface area contributed by atoms with Gasteiger partial charge < -0.3 is 29.7 Å². The molecule has 0 aliphatic carbocycles. The first kappa shape index (κ1) is 31.1. The predicted octanol–water partition coefficient (Wildman–Crippen LogP) is 3.14. The number of hydrogen-bond acceptors (Lipinski definition) is 8. The van der Waals surface area contributed by atoms with E-state index in [9.17, 15) is 28.4 Å². The summed E-state index contributed by atoms with van der Waals surface area (Å²) in [4.78, 5) is 64.9. The smallest absolute Gasteiger partial charge is 0.329 e. The third-order valence-electron chi connectivity index (χ3n) is 6.35. The standard InChI is InChI=1S/C29H34FN3O8/c1-29(2,3)41-27(37)22-15-20(26(36)40-5)25(19-11-6-7-12-21(19)30)33(22)23(34)16-31-28(38)32-18-10-8-9-17(13-18)14-24(35)39-4/h6-13,20,22,25H,14-16H2,1-5H3,(H2,31,32,38)/t20-,22-,25-/m1/s1. The van der Waals surface area contributed by atoms with Gasteiger partial charge in [-0.15, -0.1) is 0 Å². The van der Waals surface area contributed by atoms with Crippen LogP contribution in [0.3, 0.4) is 0 Å². The Kier molecular flexibility index (Phi) is 10.0. The topological polar surface area (TPSA) is 140 Å². The first-order valence-electron chi connectivity index (χ1n) is 12.9. The fourth-order valence-corrected chi connectivity index (χ4v) is 4.66. The summed E-state index contributed by atoms with van der Waals surface area (Å²) in [7, 11) is 2.44. The second-order valence-electron chi connectivity index (χ2n) is 10.4. The lowest BCUT2D eigenvalue weighted by molar-refractivity contribution is -0.164. The van der Waals surface area contributed by atoms with E-state index in [0.717, 1.165) is 4.90 Å². The van der Waals surface area contributed by atoms with E-state index in [-0.39, 0.29) is 18.4 Å². The number of anilines is 1. The van der Waals surface area contributed by atoms with Crippen LogP contribution in [0.25, 0.3) is 0 Å². The molecule has 1 heterocycles. The molecule has 3 atom stereocenters. The zero-order chi connectivity index (χ0) is 30.3. The molecule has 0 bridgehead atoms. The van der Waals surface area contributed by atoms with Crippen molar-refractivity contribution in [2.45, 2.75) is 51.3 Å². The maximum atomic E-state index is 15.0. The van der Waals surface area contributed by atoms with Crippen LogP contribution in [0, 0.1) is 11.7 Å². The summed E-state index contributed by atoms with van der Waals surface area (Å²) in [5.74, 6) is -4.42. The summed E-state index contributed by atoms with van der Waals surface area (Å²) < 4.78 is 30.1. The normalized spacial score (nSPS) is 18.3. The maximum absolute atomic E-state index is 15.0. The number of benzene rings is 2. The van der Waals surface area contributed by atoms with Gasteiger partial charge in [-0.2, -0.15) is 0 Å². The molecular formula is C29H34FN3O8. The molecule has 2 aromatic rings. The average molecular weight is 572 g/mol. The Labute approximate surface area is 237 Å².